The van der Waals surface area contributed by atoms with E-state index in [1.165, 1.54) is 23.1 Å². The SMILES string of the molecule is CCCNC(=O)Cc1csc(SCC(=O)c2ccc3c(c2)OCO3)n1. The fourth-order valence-electron chi connectivity index (χ4n) is 2.21. The number of hydrogen-bond acceptors (Lipinski definition) is 7. The number of thioether (sulfide) groups is 1. The van der Waals surface area contributed by atoms with Gasteiger partial charge in [-0.15, -0.1) is 11.3 Å². The highest BCUT2D eigenvalue weighted by atomic mass is 32.2. The van der Waals surface area contributed by atoms with Gasteiger partial charge >= 0.3 is 0 Å². The highest BCUT2D eigenvalue weighted by molar-refractivity contribution is 8.01. The van der Waals surface area contributed by atoms with E-state index in [1.54, 1.807) is 18.2 Å². The molecule has 1 N–H and O–H groups in total. The number of amides is 1. The average molecular weight is 378 g/mol. The van der Waals surface area contributed by atoms with Crippen LogP contribution in [0.5, 0.6) is 11.5 Å². The summed E-state index contributed by atoms with van der Waals surface area (Å²) in [7, 11) is 0. The van der Waals surface area contributed by atoms with Crippen molar-refractivity contribution in [3.63, 3.8) is 0 Å². The molecule has 1 aliphatic rings. The Bertz CT molecular complexity index is 776. The molecular weight excluding hydrogens is 360 g/mol. The molecule has 132 valence electrons. The van der Waals surface area contributed by atoms with Gasteiger partial charge in [0.2, 0.25) is 12.7 Å². The van der Waals surface area contributed by atoms with Gasteiger partial charge in [0.05, 0.1) is 17.9 Å². The summed E-state index contributed by atoms with van der Waals surface area (Å²) in [6.07, 6.45) is 1.18. The number of fused-ring (bicyclic) bond motifs is 1. The van der Waals surface area contributed by atoms with E-state index < -0.39 is 0 Å². The summed E-state index contributed by atoms with van der Waals surface area (Å²) in [5, 5.41) is 4.68. The molecule has 6 nitrogen and oxygen atoms in total. The maximum atomic E-state index is 12.3. The van der Waals surface area contributed by atoms with Crippen LogP contribution < -0.4 is 14.8 Å². The second-order valence-corrected chi connectivity index (χ2v) is 7.49. The van der Waals surface area contributed by atoms with Crippen molar-refractivity contribution in [2.75, 3.05) is 19.1 Å². The zero-order valence-corrected chi connectivity index (χ0v) is 15.4. The number of nitrogens with one attached hydrogen (secondary N) is 1. The molecule has 0 saturated carbocycles. The lowest BCUT2D eigenvalue weighted by Gasteiger charge is -2.02. The van der Waals surface area contributed by atoms with Gasteiger partial charge in [0, 0.05) is 17.5 Å². The van der Waals surface area contributed by atoms with Gasteiger partial charge in [-0.1, -0.05) is 18.7 Å². The van der Waals surface area contributed by atoms with Gasteiger partial charge in [-0.2, -0.15) is 0 Å². The Morgan fingerprint density at radius 1 is 1.32 bits per heavy atom. The van der Waals surface area contributed by atoms with Crippen molar-refractivity contribution >= 4 is 34.8 Å². The van der Waals surface area contributed by atoms with Crippen molar-refractivity contribution in [3.05, 3.63) is 34.8 Å². The Morgan fingerprint density at radius 3 is 3.00 bits per heavy atom. The summed E-state index contributed by atoms with van der Waals surface area (Å²) in [6, 6.07) is 5.19. The molecule has 8 heteroatoms. The van der Waals surface area contributed by atoms with Crippen LogP contribution in [0.2, 0.25) is 0 Å². The zero-order chi connectivity index (χ0) is 17.6. The van der Waals surface area contributed by atoms with Crippen LogP contribution in [0.25, 0.3) is 0 Å². The van der Waals surface area contributed by atoms with E-state index >= 15 is 0 Å². The van der Waals surface area contributed by atoms with E-state index in [0.717, 1.165) is 16.5 Å². The van der Waals surface area contributed by atoms with Crippen molar-refractivity contribution < 1.29 is 19.1 Å². The molecule has 0 atom stereocenters. The first-order chi connectivity index (χ1) is 12.2. The topological polar surface area (TPSA) is 77.5 Å². The third-order valence-electron chi connectivity index (χ3n) is 3.47. The Kier molecular flexibility index (Phi) is 5.93. The minimum Gasteiger partial charge on any atom is -0.454 e. The van der Waals surface area contributed by atoms with Crippen molar-refractivity contribution in [1.29, 1.82) is 0 Å². The predicted octanol–water partition coefficient (Wildman–Crippen LogP) is 2.92. The number of nitrogens with zero attached hydrogens (tertiary/aromatic N) is 1. The minimum absolute atomic E-state index is 0.000684. The van der Waals surface area contributed by atoms with Gasteiger partial charge in [0.25, 0.3) is 0 Å². The monoisotopic (exact) mass is 378 g/mol. The lowest BCUT2D eigenvalue weighted by Crippen LogP contribution is -2.25. The van der Waals surface area contributed by atoms with Gasteiger partial charge in [-0.3, -0.25) is 9.59 Å². The molecule has 1 aromatic carbocycles. The molecular formula is C17H18N2O4S2. The van der Waals surface area contributed by atoms with Crippen molar-refractivity contribution in [1.82, 2.24) is 10.3 Å². The molecule has 0 spiro atoms. The number of aromatic nitrogens is 1. The normalized spacial score (nSPS) is 12.2. The van der Waals surface area contributed by atoms with Crippen LogP contribution in [0.4, 0.5) is 0 Å². The van der Waals surface area contributed by atoms with Crippen LogP contribution in [0, 0.1) is 0 Å². The maximum Gasteiger partial charge on any atom is 0.231 e. The number of carbonyl (C=O) groups is 2. The van der Waals surface area contributed by atoms with E-state index in [4.69, 9.17) is 9.47 Å². The lowest BCUT2D eigenvalue weighted by molar-refractivity contribution is -0.120. The highest BCUT2D eigenvalue weighted by Gasteiger charge is 2.17. The fraction of sp³-hybridized carbons (Fsp3) is 0.353. The number of ether oxygens (including phenoxy) is 2. The molecule has 1 aromatic heterocycles. The highest BCUT2D eigenvalue weighted by Crippen LogP contribution is 2.33. The molecule has 3 rings (SSSR count). The third kappa shape index (κ3) is 4.73. The number of hydrogen-bond donors (Lipinski definition) is 1. The molecule has 0 bridgehead atoms. The number of rotatable bonds is 8. The van der Waals surface area contributed by atoms with Gasteiger partial charge in [0.1, 0.15) is 0 Å². The van der Waals surface area contributed by atoms with Crippen LogP contribution in [-0.2, 0) is 11.2 Å². The molecule has 0 aliphatic carbocycles. The summed E-state index contributed by atoms with van der Waals surface area (Å²) in [6.45, 7) is 2.87. The number of benzene rings is 1. The minimum atomic E-state index is -0.0277. The number of carbonyl (C=O) groups excluding carboxylic acids is 2. The first-order valence-electron chi connectivity index (χ1n) is 7.92. The summed E-state index contributed by atoms with van der Waals surface area (Å²) in [5.74, 6) is 1.52. The largest absolute Gasteiger partial charge is 0.454 e. The molecule has 2 aromatic rings. The fourth-order valence-corrected chi connectivity index (χ4v) is 3.95. The number of thiazole rings is 1. The molecule has 1 aliphatic heterocycles. The van der Waals surface area contributed by atoms with Crippen LogP contribution in [-0.4, -0.2) is 35.8 Å². The van der Waals surface area contributed by atoms with Gasteiger partial charge in [0.15, 0.2) is 21.6 Å². The van der Waals surface area contributed by atoms with E-state index in [0.29, 0.717) is 23.6 Å². The molecule has 0 saturated heterocycles. The second-order valence-electron chi connectivity index (χ2n) is 5.41. The van der Waals surface area contributed by atoms with Gasteiger partial charge in [-0.05, 0) is 24.6 Å². The standard InChI is InChI=1S/C17H18N2O4S2/c1-2-5-18-16(21)7-12-8-24-17(19-12)25-9-13(20)11-3-4-14-15(6-11)23-10-22-14/h3-4,6,8H,2,5,7,9-10H2,1H3,(H,18,21). The summed E-state index contributed by atoms with van der Waals surface area (Å²) in [4.78, 5) is 28.4. The second kappa shape index (κ2) is 8.35. The predicted molar refractivity (Wildman–Crippen MR) is 96.7 cm³/mol. The maximum absolute atomic E-state index is 12.3. The Hall–Kier alpha value is -2.06. The third-order valence-corrected chi connectivity index (χ3v) is 5.54. The summed E-state index contributed by atoms with van der Waals surface area (Å²) >= 11 is 2.82. The van der Waals surface area contributed by atoms with Crippen molar-refractivity contribution in [2.45, 2.75) is 24.1 Å². The molecule has 1 amide bonds. The molecule has 2 heterocycles. The lowest BCUT2D eigenvalue weighted by atomic mass is 10.1. The summed E-state index contributed by atoms with van der Waals surface area (Å²) < 4.78 is 11.3. The van der Waals surface area contributed by atoms with Crippen LogP contribution in [0.3, 0.4) is 0 Å². The smallest absolute Gasteiger partial charge is 0.231 e. The summed E-state index contributed by atoms with van der Waals surface area (Å²) in [5.41, 5.74) is 1.32. The molecule has 0 radical (unpaired) electrons. The average Bonchev–Trinajstić information content (AvgIpc) is 3.26. The van der Waals surface area contributed by atoms with Crippen LogP contribution >= 0.6 is 23.1 Å². The van der Waals surface area contributed by atoms with Crippen LogP contribution in [0.15, 0.2) is 27.9 Å². The van der Waals surface area contributed by atoms with Gasteiger partial charge in [-0.25, -0.2) is 4.98 Å². The van der Waals surface area contributed by atoms with Crippen molar-refractivity contribution in [3.8, 4) is 11.5 Å². The Morgan fingerprint density at radius 2 is 2.16 bits per heavy atom. The van der Waals surface area contributed by atoms with Crippen molar-refractivity contribution in [2.24, 2.45) is 0 Å². The van der Waals surface area contributed by atoms with E-state index in [1.807, 2.05) is 12.3 Å². The Labute approximate surface area is 153 Å². The quantitative estimate of drug-likeness (QED) is 0.562. The molecule has 0 unspecified atom stereocenters. The van der Waals surface area contributed by atoms with E-state index in [2.05, 4.69) is 10.3 Å². The molecule has 25 heavy (non-hydrogen) atoms. The first kappa shape index (κ1) is 17.8. The Balaban J connectivity index is 1.51. The first-order valence-corrected chi connectivity index (χ1v) is 9.79. The number of ketones is 1. The van der Waals surface area contributed by atoms with E-state index in [-0.39, 0.29) is 30.7 Å². The molecule has 0 fully saturated rings. The van der Waals surface area contributed by atoms with Gasteiger partial charge < -0.3 is 14.8 Å². The van der Waals surface area contributed by atoms with Crippen LogP contribution in [0.1, 0.15) is 29.4 Å². The zero-order valence-electron chi connectivity index (χ0n) is 13.7. The number of Topliss-reactive ketones (excluding diaryl/α,β-unsaturated/α-hetero) is 1. The van der Waals surface area contributed by atoms with E-state index in [9.17, 15) is 9.59 Å².